The summed E-state index contributed by atoms with van der Waals surface area (Å²) in [5.74, 6) is 2.28. The van der Waals surface area contributed by atoms with Crippen LogP contribution in [0.2, 0.25) is 0 Å². The standard InChI is InChI=1S/C22H29NO/c1-23-20-10-6-5-9-16(20)17-11-12-19-18(21(17)23)13-14-24-22(19)15-7-3-2-4-8-15/h5-6,9-10,15,18-19,22H,2-4,7-8,11-14H2,1H3/t18-,19-,22-/m0/s1. The van der Waals surface area contributed by atoms with Gasteiger partial charge in [0.2, 0.25) is 0 Å². The Balaban J connectivity index is 1.54. The summed E-state index contributed by atoms with van der Waals surface area (Å²) < 4.78 is 8.91. The zero-order chi connectivity index (χ0) is 16.1. The van der Waals surface area contributed by atoms with E-state index < -0.39 is 0 Å². The van der Waals surface area contributed by atoms with Crippen LogP contribution in [0, 0.1) is 11.8 Å². The summed E-state index contributed by atoms with van der Waals surface area (Å²) in [7, 11) is 2.29. The molecule has 1 aliphatic heterocycles. The monoisotopic (exact) mass is 323 g/mol. The highest BCUT2D eigenvalue weighted by molar-refractivity contribution is 5.86. The summed E-state index contributed by atoms with van der Waals surface area (Å²) in [4.78, 5) is 0. The van der Waals surface area contributed by atoms with Crippen LogP contribution in [0.25, 0.3) is 10.9 Å². The maximum absolute atomic E-state index is 6.41. The molecule has 2 nitrogen and oxygen atoms in total. The van der Waals surface area contributed by atoms with E-state index in [1.165, 1.54) is 62.3 Å². The highest BCUT2D eigenvalue weighted by Crippen LogP contribution is 2.49. The first-order valence-electron chi connectivity index (χ1n) is 10.0. The molecule has 0 amide bonds. The van der Waals surface area contributed by atoms with Crippen molar-refractivity contribution in [3.8, 4) is 0 Å². The fourth-order valence-corrected chi connectivity index (χ4v) is 6.09. The third-order valence-corrected chi connectivity index (χ3v) is 7.13. The van der Waals surface area contributed by atoms with Gasteiger partial charge in [0.1, 0.15) is 0 Å². The van der Waals surface area contributed by atoms with Crippen LogP contribution in [0.4, 0.5) is 0 Å². The predicted octanol–water partition coefficient (Wildman–Crippen LogP) is 5.19. The molecule has 2 aliphatic carbocycles. The number of benzene rings is 1. The van der Waals surface area contributed by atoms with Gasteiger partial charge in [0.25, 0.3) is 0 Å². The Kier molecular flexibility index (Phi) is 3.70. The second-order valence-corrected chi connectivity index (χ2v) is 8.27. The Bertz CT molecular complexity index is 740. The average Bonchev–Trinajstić information content (AvgIpc) is 2.95. The lowest BCUT2D eigenvalue weighted by molar-refractivity contribution is -0.0837. The van der Waals surface area contributed by atoms with Crippen molar-refractivity contribution < 1.29 is 4.74 Å². The smallest absolute Gasteiger partial charge is 0.0637 e. The molecular weight excluding hydrogens is 294 g/mol. The number of ether oxygens (including phenoxy) is 1. The molecule has 128 valence electrons. The van der Waals surface area contributed by atoms with Crippen LogP contribution in [0.5, 0.6) is 0 Å². The van der Waals surface area contributed by atoms with Crippen molar-refractivity contribution in [1.29, 1.82) is 0 Å². The minimum absolute atomic E-state index is 0.523. The van der Waals surface area contributed by atoms with Gasteiger partial charge in [-0.1, -0.05) is 37.5 Å². The highest BCUT2D eigenvalue weighted by Gasteiger charge is 2.43. The van der Waals surface area contributed by atoms with E-state index >= 15 is 0 Å². The van der Waals surface area contributed by atoms with Crippen molar-refractivity contribution in [2.75, 3.05) is 6.61 Å². The number of hydrogen-bond donors (Lipinski definition) is 0. The van der Waals surface area contributed by atoms with E-state index in [4.69, 9.17) is 4.74 Å². The van der Waals surface area contributed by atoms with Crippen LogP contribution >= 0.6 is 0 Å². The molecule has 2 heteroatoms. The van der Waals surface area contributed by atoms with Gasteiger partial charge in [0.15, 0.2) is 0 Å². The first-order valence-corrected chi connectivity index (χ1v) is 10.0. The molecule has 0 radical (unpaired) electrons. The van der Waals surface area contributed by atoms with E-state index in [1.54, 1.807) is 11.3 Å². The maximum Gasteiger partial charge on any atom is 0.0637 e. The lowest BCUT2D eigenvalue weighted by Crippen LogP contribution is -2.43. The zero-order valence-electron chi connectivity index (χ0n) is 14.8. The van der Waals surface area contributed by atoms with Crippen LogP contribution in [0.15, 0.2) is 24.3 Å². The van der Waals surface area contributed by atoms with Crippen molar-refractivity contribution >= 4 is 10.9 Å². The Morgan fingerprint density at radius 3 is 2.71 bits per heavy atom. The van der Waals surface area contributed by atoms with E-state index in [1.807, 2.05) is 0 Å². The molecule has 1 saturated heterocycles. The second kappa shape index (κ2) is 5.91. The fraction of sp³-hybridized carbons (Fsp3) is 0.636. The van der Waals surface area contributed by atoms with E-state index in [9.17, 15) is 0 Å². The molecule has 3 aliphatic rings. The Morgan fingerprint density at radius 1 is 1.00 bits per heavy atom. The molecule has 1 aromatic heterocycles. The molecule has 24 heavy (non-hydrogen) atoms. The summed E-state index contributed by atoms with van der Waals surface area (Å²) in [5, 5.41) is 1.49. The number of nitrogens with zero attached hydrogens (tertiary/aromatic N) is 1. The Morgan fingerprint density at radius 2 is 1.83 bits per heavy atom. The first-order chi connectivity index (χ1) is 11.8. The maximum atomic E-state index is 6.41. The molecule has 2 aromatic rings. The summed E-state index contributed by atoms with van der Waals surface area (Å²) in [6.45, 7) is 0.962. The topological polar surface area (TPSA) is 14.2 Å². The molecule has 2 fully saturated rings. The lowest BCUT2D eigenvalue weighted by Gasteiger charge is -2.45. The van der Waals surface area contributed by atoms with Crippen molar-refractivity contribution in [2.45, 2.75) is 63.4 Å². The van der Waals surface area contributed by atoms with Crippen molar-refractivity contribution in [1.82, 2.24) is 4.57 Å². The lowest BCUT2D eigenvalue weighted by atomic mass is 9.67. The van der Waals surface area contributed by atoms with Crippen LogP contribution < -0.4 is 0 Å². The zero-order valence-corrected chi connectivity index (χ0v) is 14.8. The predicted molar refractivity (Wildman–Crippen MR) is 98.4 cm³/mol. The third-order valence-electron chi connectivity index (χ3n) is 7.13. The number of hydrogen-bond acceptors (Lipinski definition) is 1. The first kappa shape index (κ1) is 15.0. The quantitative estimate of drug-likeness (QED) is 0.704. The van der Waals surface area contributed by atoms with Gasteiger partial charge in [-0.05, 0) is 55.6 Å². The van der Waals surface area contributed by atoms with Crippen molar-refractivity contribution in [3.05, 3.63) is 35.5 Å². The number of aryl methyl sites for hydroxylation is 2. The highest BCUT2D eigenvalue weighted by atomic mass is 16.5. The van der Waals surface area contributed by atoms with Gasteiger partial charge in [-0.25, -0.2) is 0 Å². The van der Waals surface area contributed by atoms with Crippen LogP contribution in [0.3, 0.4) is 0 Å². The van der Waals surface area contributed by atoms with Crippen molar-refractivity contribution in [3.63, 3.8) is 0 Å². The number of aromatic nitrogens is 1. The van der Waals surface area contributed by atoms with Gasteiger partial charge >= 0.3 is 0 Å². The van der Waals surface area contributed by atoms with Gasteiger partial charge in [0.05, 0.1) is 6.10 Å². The molecule has 0 N–H and O–H groups in total. The minimum Gasteiger partial charge on any atom is -0.378 e. The van der Waals surface area contributed by atoms with Gasteiger partial charge in [-0.3, -0.25) is 0 Å². The van der Waals surface area contributed by atoms with Gasteiger partial charge in [-0.15, -0.1) is 0 Å². The molecular formula is C22H29NO. The molecule has 0 spiro atoms. The van der Waals surface area contributed by atoms with Crippen LogP contribution in [0.1, 0.15) is 62.1 Å². The fourth-order valence-electron chi connectivity index (χ4n) is 6.09. The molecule has 0 bridgehead atoms. The summed E-state index contributed by atoms with van der Waals surface area (Å²) >= 11 is 0. The van der Waals surface area contributed by atoms with Crippen LogP contribution in [-0.2, 0) is 18.2 Å². The Labute approximate surface area is 145 Å². The third kappa shape index (κ3) is 2.19. The molecule has 3 atom stereocenters. The van der Waals surface area contributed by atoms with E-state index in [2.05, 4.69) is 35.9 Å². The van der Waals surface area contributed by atoms with Gasteiger partial charge in [0, 0.05) is 36.2 Å². The number of fused-ring (bicyclic) bond motifs is 5. The second-order valence-electron chi connectivity index (χ2n) is 8.27. The van der Waals surface area contributed by atoms with E-state index in [0.29, 0.717) is 12.0 Å². The number of para-hydroxylation sites is 1. The summed E-state index contributed by atoms with van der Waals surface area (Å²) in [6, 6.07) is 9.00. The SMILES string of the molecule is Cn1c2c(c3ccccc31)CC[C@H]1[C@@H]2CCO[C@H]1C1CCCCC1. The van der Waals surface area contributed by atoms with Gasteiger partial charge < -0.3 is 9.30 Å². The summed E-state index contributed by atoms with van der Waals surface area (Å²) in [6.07, 6.45) is 11.4. The molecule has 2 heterocycles. The molecule has 1 saturated carbocycles. The molecule has 1 aromatic carbocycles. The van der Waals surface area contributed by atoms with E-state index in [-0.39, 0.29) is 0 Å². The minimum atomic E-state index is 0.523. The normalized spacial score (nSPS) is 31.0. The van der Waals surface area contributed by atoms with Crippen molar-refractivity contribution in [2.24, 2.45) is 18.9 Å². The molecule has 0 unspecified atom stereocenters. The Hall–Kier alpha value is -1.28. The number of rotatable bonds is 1. The average molecular weight is 323 g/mol. The van der Waals surface area contributed by atoms with E-state index in [0.717, 1.165) is 18.4 Å². The summed E-state index contributed by atoms with van der Waals surface area (Å²) in [5.41, 5.74) is 4.69. The van der Waals surface area contributed by atoms with Gasteiger partial charge in [-0.2, -0.15) is 0 Å². The largest absolute Gasteiger partial charge is 0.378 e. The van der Waals surface area contributed by atoms with Crippen LogP contribution in [-0.4, -0.2) is 17.3 Å². The molecule has 5 rings (SSSR count).